The minimum atomic E-state index is -4.16. The van der Waals surface area contributed by atoms with Crippen molar-refractivity contribution < 1.29 is 27.9 Å². The molecule has 1 aliphatic carbocycles. The Labute approximate surface area is 238 Å². The average Bonchev–Trinajstić information content (AvgIpc) is 3.41. The number of azo groups is 1. The summed E-state index contributed by atoms with van der Waals surface area (Å²) in [6, 6.07) is 17.6. The van der Waals surface area contributed by atoms with Crippen LogP contribution < -0.4 is 4.74 Å². The molecular formula is C31H43N2O6P. The predicted molar refractivity (Wildman–Crippen MR) is 155 cm³/mol. The van der Waals surface area contributed by atoms with Crippen molar-refractivity contribution in [2.45, 2.75) is 76.6 Å². The lowest BCUT2D eigenvalue weighted by Gasteiger charge is -2.45. The number of benzene rings is 2. The summed E-state index contributed by atoms with van der Waals surface area (Å²) in [5, 5.41) is 6.74. The van der Waals surface area contributed by atoms with E-state index in [-0.39, 0.29) is 31.1 Å². The van der Waals surface area contributed by atoms with Gasteiger partial charge in [-0.1, -0.05) is 69.7 Å². The summed E-state index contributed by atoms with van der Waals surface area (Å²) in [5.41, 5.74) is 1.67. The molecule has 9 heteroatoms. The van der Waals surface area contributed by atoms with Crippen LogP contribution in [0.1, 0.15) is 70.9 Å². The van der Waals surface area contributed by atoms with Crippen molar-refractivity contribution in [1.82, 2.24) is 0 Å². The zero-order chi connectivity index (χ0) is 29.0. The van der Waals surface area contributed by atoms with Crippen LogP contribution in [0.25, 0.3) is 0 Å². The van der Waals surface area contributed by atoms with Gasteiger partial charge in [0.1, 0.15) is 11.9 Å². The van der Waals surface area contributed by atoms with E-state index in [1.165, 1.54) is 5.56 Å². The van der Waals surface area contributed by atoms with Crippen LogP contribution in [0.4, 0.5) is 0 Å². The summed E-state index contributed by atoms with van der Waals surface area (Å²) in [7, 11) is -2.57. The minimum absolute atomic E-state index is 0.0588. The van der Waals surface area contributed by atoms with Crippen LogP contribution in [0.15, 0.2) is 64.8 Å². The van der Waals surface area contributed by atoms with Gasteiger partial charge < -0.3 is 18.5 Å². The van der Waals surface area contributed by atoms with E-state index < -0.39 is 30.9 Å². The van der Waals surface area contributed by atoms with Crippen LogP contribution >= 0.6 is 7.60 Å². The lowest BCUT2D eigenvalue weighted by Crippen LogP contribution is -2.49. The van der Waals surface area contributed by atoms with Gasteiger partial charge in [-0.15, -0.1) is 0 Å². The molecule has 1 aliphatic heterocycles. The van der Waals surface area contributed by atoms with Crippen LogP contribution in [-0.4, -0.2) is 44.2 Å². The third-order valence-electron chi connectivity index (χ3n) is 8.56. The van der Waals surface area contributed by atoms with Gasteiger partial charge in [0, 0.05) is 5.92 Å². The summed E-state index contributed by atoms with van der Waals surface area (Å²) in [4.78, 5) is 14.5. The van der Waals surface area contributed by atoms with Crippen molar-refractivity contribution in [3.05, 3.63) is 65.7 Å². The molecule has 0 bridgehead atoms. The van der Waals surface area contributed by atoms with Crippen molar-refractivity contribution in [3.63, 3.8) is 0 Å². The molecule has 2 aromatic carbocycles. The molecule has 0 saturated heterocycles. The van der Waals surface area contributed by atoms with Gasteiger partial charge in [0.15, 0.2) is 0 Å². The van der Waals surface area contributed by atoms with Crippen LogP contribution in [0.5, 0.6) is 5.75 Å². The Morgan fingerprint density at radius 1 is 1.02 bits per heavy atom. The van der Waals surface area contributed by atoms with Crippen LogP contribution in [-0.2, 0) is 28.6 Å². The van der Waals surface area contributed by atoms with E-state index in [2.05, 4.69) is 43.1 Å². The van der Waals surface area contributed by atoms with E-state index in [9.17, 15) is 9.36 Å². The number of hydrogen-bond acceptors (Lipinski definition) is 8. The van der Waals surface area contributed by atoms with E-state index in [0.29, 0.717) is 18.1 Å². The topological polar surface area (TPSA) is 95.8 Å². The Morgan fingerprint density at radius 3 is 2.27 bits per heavy atom. The third-order valence-corrected chi connectivity index (χ3v) is 11.2. The number of ether oxygens (including phenoxy) is 2. The highest BCUT2D eigenvalue weighted by molar-refractivity contribution is 7.56. The Balaban J connectivity index is 1.76. The summed E-state index contributed by atoms with van der Waals surface area (Å²) in [6.45, 7) is 10.4. The number of carbonyl (C=O) groups excluding carboxylic acids is 1. The number of esters is 1. The molecule has 2 aromatic rings. The molecule has 2 aliphatic rings. The number of carbonyl (C=O) groups is 1. The first-order chi connectivity index (χ1) is 19.1. The number of rotatable bonds is 11. The van der Waals surface area contributed by atoms with E-state index in [4.69, 9.17) is 18.5 Å². The number of hydrogen-bond donors (Lipinski definition) is 0. The molecule has 1 saturated carbocycles. The molecule has 0 N–H and O–H groups in total. The fraction of sp³-hybridized carbons (Fsp3) is 0.581. The molecule has 5 atom stereocenters. The quantitative estimate of drug-likeness (QED) is 0.205. The van der Waals surface area contributed by atoms with Gasteiger partial charge >= 0.3 is 13.6 Å². The molecular weight excluding hydrogens is 527 g/mol. The maximum Gasteiger partial charge on any atom is 0.372 e. The molecule has 1 fully saturated rings. The summed E-state index contributed by atoms with van der Waals surface area (Å²) in [5.74, 6) is -0.277. The molecule has 4 rings (SSSR count). The summed E-state index contributed by atoms with van der Waals surface area (Å²) >= 11 is 0. The standard InChI is InChI=1S/C31H43N2O6P/c1-7-37-40(35,38-8-2)31(27(21-32-33-31)23-15-17-25(36-6)18-16-23)29(34)39-28-20-22(3)14-19-26(28)30(4,5)24-12-10-9-11-13-24/h9-13,15-18,22,26-28H,7-8,14,19-21H2,1-6H3/t22-,26-,27+,28-,31-/m1/s1. The average molecular weight is 571 g/mol. The van der Waals surface area contributed by atoms with Gasteiger partial charge in [-0.05, 0) is 61.3 Å². The highest BCUT2D eigenvalue weighted by atomic mass is 31.2. The predicted octanol–water partition coefficient (Wildman–Crippen LogP) is 7.53. The zero-order valence-electron chi connectivity index (χ0n) is 24.5. The van der Waals surface area contributed by atoms with Crippen molar-refractivity contribution >= 4 is 13.6 Å². The van der Waals surface area contributed by atoms with Gasteiger partial charge in [-0.25, -0.2) is 4.79 Å². The lowest BCUT2D eigenvalue weighted by molar-refractivity contribution is -0.161. The Kier molecular flexibility index (Phi) is 9.54. The second kappa shape index (κ2) is 12.5. The molecule has 1 heterocycles. The second-order valence-electron chi connectivity index (χ2n) is 11.4. The fourth-order valence-corrected chi connectivity index (χ4v) is 8.52. The monoisotopic (exact) mass is 570 g/mol. The Morgan fingerprint density at radius 2 is 1.68 bits per heavy atom. The summed E-state index contributed by atoms with van der Waals surface area (Å²) < 4.78 is 38.0. The Hall–Kier alpha value is -2.54. The lowest BCUT2D eigenvalue weighted by atomic mass is 9.64. The van der Waals surface area contributed by atoms with E-state index in [0.717, 1.165) is 18.4 Å². The molecule has 218 valence electrons. The fourth-order valence-electron chi connectivity index (χ4n) is 6.31. The molecule has 40 heavy (non-hydrogen) atoms. The SMILES string of the molecule is CCOP(=O)(OCC)[C@]1(C(=O)O[C@@H]2C[C@H](C)CC[C@H]2C(C)(C)c2ccccc2)N=NC[C@H]1c1ccc(OC)cc1. The highest BCUT2D eigenvalue weighted by Crippen LogP contribution is 2.68. The molecule has 0 amide bonds. The highest BCUT2D eigenvalue weighted by Gasteiger charge is 2.67. The summed E-state index contributed by atoms with van der Waals surface area (Å²) in [6.07, 6.45) is 2.27. The molecule has 0 aromatic heterocycles. The van der Waals surface area contributed by atoms with E-state index >= 15 is 0 Å². The maximum atomic E-state index is 14.6. The largest absolute Gasteiger partial charge is 0.497 e. The zero-order valence-corrected chi connectivity index (χ0v) is 25.4. The van der Waals surface area contributed by atoms with Gasteiger partial charge in [-0.3, -0.25) is 4.57 Å². The second-order valence-corrected chi connectivity index (χ2v) is 13.6. The first kappa shape index (κ1) is 30.4. The normalized spacial score (nSPS) is 26.9. The smallest absolute Gasteiger partial charge is 0.372 e. The van der Waals surface area contributed by atoms with Crippen molar-refractivity contribution in [3.8, 4) is 5.75 Å². The van der Waals surface area contributed by atoms with Crippen molar-refractivity contribution in [1.29, 1.82) is 0 Å². The molecule has 0 spiro atoms. The maximum absolute atomic E-state index is 14.6. The van der Waals surface area contributed by atoms with Gasteiger partial charge in [0.05, 0.1) is 32.8 Å². The van der Waals surface area contributed by atoms with E-state index in [1.54, 1.807) is 33.1 Å². The Bertz CT molecular complexity index is 1210. The van der Waals surface area contributed by atoms with Crippen molar-refractivity contribution in [2.24, 2.45) is 22.1 Å². The van der Waals surface area contributed by atoms with Crippen molar-refractivity contribution in [2.75, 3.05) is 26.9 Å². The van der Waals surface area contributed by atoms with Gasteiger partial charge in [0.2, 0.25) is 0 Å². The third kappa shape index (κ3) is 5.63. The van der Waals surface area contributed by atoms with Crippen LogP contribution in [0.3, 0.4) is 0 Å². The molecule has 0 unspecified atom stereocenters. The molecule has 8 nitrogen and oxygen atoms in total. The molecule has 0 radical (unpaired) electrons. The first-order valence-electron chi connectivity index (χ1n) is 14.3. The van der Waals surface area contributed by atoms with Crippen LogP contribution in [0.2, 0.25) is 0 Å². The number of methoxy groups -OCH3 is 1. The van der Waals surface area contributed by atoms with Gasteiger partial charge in [0.25, 0.3) is 5.28 Å². The van der Waals surface area contributed by atoms with Gasteiger partial charge in [-0.2, -0.15) is 10.2 Å². The number of nitrogens with zero attached hydrogens (tertiary/aromatic N) is 2. The van der Waals surface area contributed by atoms with E-state index in [1.807, 2.05) is 30.3 Å². The first-order valence-corrected chi connectivity index (χ1v) is 15.9. The van der Waals surface area contributed by atoms with Crippen LogP contribution in [0, 0.1) is 11.8 Å². The minimum Gasteiger partial charge on any atom is -0.497 e.